The van der Waals surface area contributed by atoms with E-state index in [4.69, 9.17) is 11.6 Å². The van der Waals surface area contributed by atoms with Gasteiger partial charge in [0.25, 0.3) is 0 Å². The second kappa shape index (κ2) is 6.05. The van der Waals surface area contributed by atoms with Crippen LogP contribution in [0.15, 0.2) is 30.3 Å². The second-order valence-corrected chi connectivity index (χ2v) is 7.73. The molecule has 1 nitrogen and oxygen atoms in total. The standard InChI is InChI=1S/C16H15ClFNS2/c1-3-19-15(13-6-9(2)16(17)21-13)14-7-10-4-5-11(18)8-12(10)20-14/h4-8,15,19H,3H2,1-2H3. The lowest BCUT2D eigenvalue weighted by molar-refractivity contribution is 0.630. The number of hydrogen-bond donors (Lipinski definition) is 1. The molecule has 5 heteroatoms. The van der Waals surface area contributed by atoms with Crippen LogP contribution in [0.3, 0.4) is 0 Å². The molecule has 0 bridgehead atoms. The van der Waals surface area contributed by atoms with Gasteiger partial charge in [-0.15, -0.1) is 22.7 Å². The largest absolute Gasteiger partial charge is 0.305 e. The van der Waals surface area contributed by atoms with Gasteiger partial charge < -0.3 is 5.32 Å². The molecule has 0 aliphatic carbocycles. The van der Waals surface area contributed by atoms with Gasteiger partial charge in [0.15, 0.2) is 0 Å². The molecular weight excluding hydrogens is 325 g/mol. The Bertz CT molecular complexity index is 758. The zero-order valence-electron chi connectivity index (χ0n) is 11.7. The molecule has 0 fully saturated rings. The van der Waals surface area contributed by atoms with E-state index in [0.29, 0.717) is 0 Å². The Balaban J connectivity index is 2.06. The van der Waals surface area contributed by atoms with Crippen molar-refractivity contribution in [2.24, 2.45) is 0 Å². The fraction of sp³-hybridized carbons (Fsp3) is 0.250. The van der Waals surface area contributed by atoms with Crippen molar-refractivity contribution in [1.29, 1.82) is 0 Å². The van der Waals surface area contributed by atoms with E-state index in [1.807, 2.05) is 13.0 Å². The van der Waals surface area contributed by atoms with Gasteiger partial charge in [-0.2, -0.15) is 0 Å². The molecule has 1 atom stereocenters. The third-order valence-electron chi connectivity index (χ3n) is 3.35. The maximum atomic E-state index is 13.3. The zero-order valence-corrected chi connectivity index (χ0v) is 14.1. The molecule has 0 radical (unpaired) electrons. The first-order valence-electron chi connectivity index (χ1n) is 6.76. The van der Waals surface area contributed by atoms with Crippen LogP contribution in [0.5, 0.6) is 0 Å². The van der Waals surface area contributed by atoms with E-state index in [1.54, 1.807) is 28.7 Å². The summed E-state index contributed by atoms with van der Waals surface area (Å²) >= 11 is 9.44. The fourth-order valence-corrected chi connectivity index (χ4v) is 4.91. The van der Waals surface area contributed by atoms with Crippen LogP contribution in [0.2, 0.25) is 4.34 Å². The number of rotatable bonds is 4. The van der Waals surface area contributed by atoms with E-state index >= 15 is 0 Å². The lowest BCUT2D eigenvalue weighted by atomic mass is 10.1. The highest BCUT2D eigenvalue weighted by atomic mass is 35.5. The summed E-state index contributed by atoms with van der Waals surface area (Å²) < 4.78 is 15.2. The van der Waals surface area contributed by atoms with Crippen LogP contribution < -0.4 is 5.32 Å². The van der Waals surface area contributed by atoms with E-state index in [1.165, 1.54) is 15.8 Å². The van der Waals surface area contributed by atoms with Gasteiger partial charge in [0.05, 0.1) is 10.4 Å². The molecule has 1 unspecified atom stereocenters. The summed E-state index contributed by atoms with van der Waals surface area (Å²) in [5, 5.41) is 4.58. The molecule has 0 spiro atoms. The lowest BCUT2D eigenvalue weighted by Crippen LogP contribution is -2.20. The summed E-state index contributed by atoms with van der Waals surface area (Å²) in [4.78, 5) is 2.39. The molecule has 3 aromatic rings. The summed E-state index contributed by atoms with van der Waals surface area (Å²) in [7, 11) is 0. The first-order chi connectivity index (χ1) is 10.1. The minimum atomic E-state index is -0.189. The molecule has 1 N–H and O–H groups in total. The van der Waals surface area contributed by atoms with Crippen molar-refractivity contribution in [3.05, 3.63) is 55.8 Å². The number of hydrogen-bond acceptors (Lipinski definition) is 3. The lowest BCUT2D eigenvalue weighted by Gasteiger charge is -2.14. The number of nitrogens with one attached hydrogen (secondary N) is 1. The molecule has 0 aliphatic heterocycles. The van der Waals surface area contributed by atoms with E-state index in [0.717, 1.165) is 26.5 Å². The monoisotopic (exact) mass is 339 g/mol. The minimum Gasteiger partial charge on any atom is -0.305 e. The van der Waals surface area contributed by atoms with E-state index in [2.05, 4.69) is 24.4 Å². The molecule has 2 heterocycles. The van der Waals surface area contributed by atoms with E-state index < -0.39 is 0 Å². The van der Waals surface area contributed by atoms with Crippen LogP contribution >= 0.6 is 34.3 Å². The summed E-state index contributed by atoms with van der Waals surface area (Å²) in [6.45, 7) is 4.97. The van der Waals surface area contributed by atoms with Gasteiger partial charge in [-0.25, -0.2) is 4.39 Å². The van der Waals surface area contributed by atoms with Gasteiger partial charge in [0, 0.05) is 14.5 Å². The average Bonchev–Trinajstić information content (AvgIpc) is 2.99. The van der Waals surface area contributed by atoms with E-state index in [9.17, 15) is 4.39 Å². The van der Waals surface area contributed by atoms with Crippen LogP contribution in [-0.4, -0.2) is 6.54 Å². The number of aryl methyl sites for hydroxylation is 1. The highest BCUT2D eigenvalue weighted by Gasteiger charge is 2.19. The Kier molecular flexibility index (Phi) is 4.31. The molecule has 2 aromatic heterocycles. The first kappa shape index (κ1) is 15.0. The maximum absolute atomic E-state index is 13.3. The van der Waals surface area contributed by atoms with Crippen LogP contribution in [0.4, 0.5) is 4.39 Å². The summed E-state index contributed by atoms with van der Waals surface area (Å²) in [5.74, 6) is -0.189. The molecule has 110 valence electrons. The van der Waals surface area contributed by atoms with Crippen molar-refractivity contribution in [3.8, 4) is 0 Å². The van der Waals surface area contributed by atoms with Crippen molar-refractivity contribution < 1.29 is 4.39 Å². The van der Waals surface area contributed by atoms with Gasteiger partial charge in [0.1, 0.15) is 5.82 Å². The normalized spacial score (nSPS) is 13.0. The van der Waals surface area contributed by atoms with Gasteiger partial charge in [-0.3, -0.25) is 0 Å². The first-order valence-corrected chi connectivity index (χ1v) is 8.77. The van der Waals surface area contributed by atoms with Crippen molar-refractivity contribution >= 4 is 44.4 Å². The van der Waals surface area contributed by atoms with Gasteiger partial charge in [-0.1, -0.05) is 24.6 Å². The van der Waals surface area contributed by atoms with Gasteiger partial charge in [0.2, 0.25) is 0 Å². The van der Waals surface area contributed by atoms with Crippen LogP contribution in [0, 0.1) is 12.7 Å². The summed E-state index contributed by atoms with van der Waals surface area (Å²) in [5.41, 5.74) is 1.10. The minimum absolute atomic E-state index is 0.117. The molecule has 0 aliphatic rings. The van der Waals surface area contributed by atoms with Gasteiger partial charge in [-0.05, 0) is 48.7 Å². The number of fused-ring (bicyclic) bond motifs is 1. The third-order valence-corrected chi connectivity index (χ3v) is 6.14. The molecular formula is C16H15ClFNS2. The van der Waals surface area contributed by atoms with Crippen molar-refractivity contribution in [3.63, 3.8) is 0 Å². The fourth-order valence-electron chi connectivity index (χ4n) is 2.34. The Labute approximate surface area is 136 Å². The van der Waals surface area contributed by atoms with Crippen molar-refractivity contribution in [2.75, 3.05) is 6.54 Å². The van der Waals surface area contributed by atoms with Crippen LogP contribution in [0.1, 0.15) is 28.3 Å². The Morgan fingerprint density at radius 1 is 1.19 bits per heavy atom. The Morgan fingerprint density at radius 2 is 1.95 bits per heavy atom. The molecule has 0 saturated carbocycles. The molecule has 21 heavy (non-hydrogen) atoms. The van der Waals surface area contributed by atoms with E-state index in [-0.39, 0.29) is 11.9 Å². The van der Waals surface area contributed by atoms with Crippen molar-refractivity contribution in [1.82, 2.24) is 5.32 Å². The van der Waals surface area contributed by atoms with Crippen LogP contribution in [-0.2, 0) is 0 Å². The smallest absolute Gasteiger partial charge is 0.124 e. The number of benzene rings is 1. The predicted molar refractivity (Wildman–Crippen MR) is 91.4 cm³/mol. The maximum Gasteiger partial charge on any atom is 0.124 e. The topological polar surface area (TPSA) is 12.0 Å². The number of thiophene rings is 2. The number of halogens is 2. The molecule has 3 rings (SSSR count). The van der Waals surface area contributed by atoms with Crippen molar-refractivity contribution in [2.45, 2.75) is 19.9 Å². The summed E-state index contributed by atoms with van der Waals surface area (Å²) in [6.07, 6.45) is 0. The average molecular weight is 340 g/mol. The SMILES string of the molecule is CCNC(c1cc(C)c(Cl)s1)c1cc2ccc(F)cc2s1. The van der Waals surface area contributed by atoms with Crippen LogP contribution in [0.25, 0.3) is 10.1 Å². The zero-order chi connectivity index (χ0) is 15.0. The molecule has 0 amide bonds. The highest BCUT2D eigenvalue weighted by Crippen LogP contribution is 2.38. The molecule has 1 aromatic carbocycles. The predicted octanol–water partition coefficient (Wildman–Crippen LogP) is 5.76. The van der Waals surface area contributed by atoms with Gasteiger partial charge >= 0.3 is 0 Å². The Morgan fingerprint density at radius 3 is 2.62 bits per heavy atom. The molecule has 0 saturated heterocycles. The third kappa shape index (κ3) is 2.99. The summed E-state index contributed by atoms with van der Waals surface area (Å²) in [6, 6.07) is 9.32. The second-order valence-electron chi connectivity index (χ2n) is 4.93. The highest BCUT2D eigenvalue weighted by molar-refractivity contribution is 7.19. The quantitative estimate of drug-likeness (QED) is 0.637. The Hall–Kier alpha value is -0.940.